The summed E-state index contributed by atoms with van der Waals surface area (Å²) in [5.74, 6) is 0.949. The Labute approximate surface area is 69.0 Å². The molecule has 0 fully saturated rings. The Morgan fingerprint density at radius 1 is 1.00 bits per heavy atom. The molecule has 0 nitrogen and oxygen atoms in total. The summed E-state index contributed by atoms with van der Waals surface area (Å²) in [5.41, 5.74) is 0. The average molecular weight is 148 g/mol. The van der Waals surface area contributed by atoms with Crippen molar-refractivity contribution in [2.45, 2.75) is 62.3 Å². The molecule has 0 heteroatoms. The van der Waals surface area contributed by atoms with Gasteiger partial charge in [0.15, 0.2) is 0 Å². The van der Waals surface area contributed by atoms with E-state index in [0.29, 0.717) is 0 Å². The molecule has 0 heterocycles. The molecule has 0 saturated heterocycles. The van der Waals surface area contributed by atoms with Crippen LogP contribution in [0.25, 0.3) is 0 Å². The fraction of sp³-hybridized carbons (Fsp3) is 1.00. The van der Waals surface area contributed by atoms with Crippen molar-refractivity contribution in [2.24, 2.45) is 5.92 Å². The second kappa shape index (κ2) is 16.0. The van der Waals surface area contributed by atoms with Crippen LogP contribution in [0.1, 0.15) is 62.3 Å². The molecule has 0 aromatic heterocycles. The van der Waals surface area contributed by atoms with Crippen LogP contribution in [0.4, 0.5) is 0 Å². The molecule has 1 atom stereocenters. The monoisotopic (exact) mass is 148 g/mol. The Morgan fingerprint density at radius 2 is 1.40 bits per heavy atom. The molecule has 0 aromatic carbocycles. The van der Waals surface area contributed by atoms with Gasteiger partial charge >= 0.3 is 0 Å². The SMILES string of the molecule is C.C.C.CCCC(C)CC. The highest BCUT2D eigenvalue weighted by Gasteiger charge is 1.92. The van der Waals surface area contributed by atoms with Crippen LogP contribution in [-0.4, -0.2) is 0 Å². The van der Waals surface area contributed by atoms with Gasteiger partial charge in [-0.05, 0) is 5.92 Å². The third-order valence-electron chi connectivity index (χ3n) is 1.48. The lowest BCUT2D eigenvalue weighted by atomic mass is 10.0. The third kappa shape index (κ3) is 15.7. The number of rotatable bonds is 3. The minimum Gasteiger partial charge on any atom is -0.0776 e. The molecule has 10 heavy (non-hydrogen) atoms. The fourth-order valence-corrected chi connectivity index (χ4v) is 0.697. The molecule has 0 aliphatic rings. The lowest BCUT2D eigenvalue weighted by molar-refractivity contribution is 0.509. The van der Waals surface area contributed by atoms with Crippen molar-refractivity contribution in [3.8, 4) is 0 Å². The minimum atomic E-state index is 0. The summed E-state index contributed by atoms with van der Waals surface area (Å²) in [6.07, 6.45) is 4.08. The van der Waals surface area contributed by atoms with E-state index in [4.69, 9.17) is 0 Å². The molecule has 0 rings (SSSR count). The van der Waals surface area contributed by atoms with Gasteiger partial charge in [-0.15, -0.1) is 0 Å². The average Bonchev–Trinajstić information content (AvgIpc) is 1.68. The van der Waals surface area contributed by atoms with Gasteiger partial charge < -0.3 is 0 Å². The summed E-state index contributed by atoms with van der Waals surface area (Å²) in [5, 5.41) is 0. The zero-order valence-corrected chi connectivity index (χ0v) is 5.70. The highest BCUT2D eigenvalue weighted by atomic mass is 14.0. The van der Waals surface area contributed by atoms with Crippen LogP contribution in [0.3, 0.4) is 0 Å². The molecule has 0 aromatic rings. The third-order valence-corrected chi connectivity index (χ3v) is 1.48. The summed E-state index contributed by atoms with van der Waals surface area (Å²) < 4.78 is 0. The molecule has 1 unspecified atom stereocenters. The number of hydrogen-bond acceptors (Lipinski definition) is 0. The van der Waals surface area contributed by atoms with Crippen LogP contribution < -0.4 is 0 Å². The molecular formula is C10H28. The van der Waals surface area contributed by atoms with Gasteiger partial charge in [0.25, 0.3) is 0 Å². The highest BCUT2D eigenvalue weighted by Crippen LogP contribution is 2.07. The van der Waals surface area contributed by atoms with Crippen LogP contribution in [-0.2, 0) is 0 Å². The van der Waals surface area contributed by atoms with Crippen molar-refractivity contribution in [1.29, 1.82) is 0 Å². The smallest absolute Gasteiger partial charge is 0.0446 e. The van der Waals surface area contributed by atoms with Crippen LogP contribution in [0.5, 0.6) is 0 Å². The second-order valence-electron chi connectivity index (χ2n) is 2.30. The lowest BCUT2D eigenvalue weighted by Crippen LogP contribution is -1.88. The molecule has 0 spiro atoms. The first-order chi connectivity index (χ1) is 3.31. The summed E-state index contributed by atoms with van der Waals surface area (Å²) in [7, 11) is 0. The largest absolute Gasteiger partial charge is 0.0776 e. The normalized spacial score (nSPS) is 9.90. The molecule has 0 aliphatic carbocycles. The van der Waals surface area contributed by atoms with Crippen LogP contribution in [0.2, 0.25) is 0 Å². The maximum Gasteiger partial charge on any atom is -0.0446 e. The fourth-order valence-electron chi connectivity index (χ4n) is 0.697. The summed E-state index contributed by atoms with van der Waals surface area (Å²) in [6.45, 7) is 6.80. The van der Waals surface area contributed by atoms with Crippen molar-refractivity contribution in [1.82, 2.24) is 0 Å². The van der Waals surface area contributed by atoms with Crippen LogP contribution in [0.15, 0.2) is 0 Å². The van der Waals surface area contributed by atoms with Gasteiger partial charge in [-0.3, -0.25) is 0 Å². The Kier molecular flexibility index (Phi) is 36.0. The molecule has 0 bridgehead atoms. The topological polar surface area (TPSA) is 0 Å². The second-order valence-corrected chi connectivity index (χ2v) is 2.30. The molecule has 68 valence electrons. The van der Waals surface area contributed by atoms with Gasteiger partial charge in [0.1, 0.15) is 0 Å². The lowest BCUT2D eigenvalue weighted by Gasteiger charge is -2.02. The Hall–Kier alpha value is 0. The van der Waals surface area contributed by atoms with Gasteiger partial charge in [0.05, 0.1) is 0 Å². The van der Waals surface area contributed by atoms with Crippen molar-refractivity contribution in [3.05, 3.63) is 0 Å². The maximum absolute atomic E-state index is 2.31. The van der Waals surface area contributed by atoms with E-state index >= 15 is 0 Å². The molecule has 0 amide bonds. The Balaban J connectivity index is -0.0000000600. The Morgan fingerprint density at radius 3 is 1.50 bits per heavy atom. The number of hydrogen-bond donors (Lipinski definition) is 0. The summed E-state index contributed by atoms with van der Waals surface area (Å²) in [6, 6.07) is 0. The van der Waals surface area contributed by atoms with Crippen LogP contribution in [0, 0.1) is 5.92 Å². The van der Waals surface area contributed by atoms with E-state index in [1.54, 1.807) is 0 Å². The first-order valence-electron chi connectivity index (χ1n) is 3.31. The van der Waals surface area contributed by atoms with Gasteiger partial charge in [-0.2, -0.15) is 0 Å². The predicted molar refractivity (Wildman–Crippen MR) is 54.6 cm³/mol. The Bertz CT molecular complexity index is 31.0. The molecule has 0 aliphatic heterocycles. The van der Waals surface area contributed by atoms with Gasteiger partial charge in [-0.25, -0.2) is 0 Å². The van der Waals surface area contributed by atoms with E-state index in [9.17, 15) is 0 Å². The van der Waals surface area contributed by atoms with Gasteiger partial charge in [-0.1, -0.05) is 62.3 Å². The molecule has 0 N–H and O–H groups in total. The van der Waals surface area contributed by atoms with Gasteiger partial charge in [0.2, 0.25) is 0 Å². The van der Waals surface area contributed by atoms with Crippen LogP contribution >= 0.6 is 0 Å². The van der Waals surface area contributed by atoms with E-state index in [-0.39, 0.29) is 22.3 Å². The zero-order chi connectivity index (χ0) is 5.70. The first-order valence-corrected chi connectivity index (χ1v) is 3.31. The van der Waals surface area contributed by atoms with Crippen molar-refractivity contribution in [3.63, 3.8) is 0 Å². The first kappa shape index (κ1) is 22.5. The molecule has 0 radical (unpaired) electrons. The standard InChI is InChI=1S/C7H16.3CH4/c1-4-6-7(3)5-2;;;/h7H,4-6H2,1-3H3;3*1H4. The maximum atomic E-state index is 2.31. The quantitative estimate of drug-likeness (QED) is 0.542. The van der Waals surface area contributed by atoms with Crippen molar-refractivity contribution >= 4 is 0 Å². The van der Waals surface area contributed by atoms with Crippen molar-refractivity contribution in [2.75, 3.05) is 0 Å². The predicted octanol–water partition coefficient (Wildman–Crippen LogP) is 4.74. The van der Waals surface area contributed by atoms with E-state index < -0.39 is 0 Å². The zero-order valence-electron chi connectivity index (χ0n) is 5.70. The van der Waals surface area contributed by atoms with E-state index in [2.05, 4.69) is 20.8 Å². The van der Waals surface area contributed by atoms with E-state index in [1.165, 1.54) is 19.3 Å². The minimum absolute atomic E-state index is 0. The summed E-state index contributed by atoms with van der Waals surface area (Å²) in [4.78, 5) is 0. The molecular weight excluding hydrogens is 120 g/mol. The van der Waals surface area contributed by atoms with E-state index in [1.807, 2.05) is 0 Å². The summed E-state index contributed by atoms with van der Waals surface area (Å²) >= 11 is 0. The van der Waals surface area contributed by atoms with Gasteiger partial charge in [0, 0.05) is 0 Å². The van der Waals surface area contributed by atoms with E-state index in [0.717, 1.165) is 5.92 Å². The molecule has 0 saturated carbocycles. The van der Waals surface area contributed by atoms with Crippen molar-refractivity contribution < 1.29 is 0 Å². The highest BCUT2D eigenvalue weighted by molar-refractivity contribution is 4.45.